The molecule has 0 bridgehead atoms. The van der Waals surface area contributed by atoms with Crippen LogP contribution in [0.3, 0.4) is 0 Å². The number of hydrogen-bond donors (Lipinski definition) is 1. The molecule has 1 saturated heterocycles. The lowest BCUT2D eigenvalue weighted by atomic mass is 9.82. The van der Waals surface area contributed by atoms with Gasteiger partial charge in [0.15, 0.2) is 0 Å². The summed E-state index contributed by atoms with van der Waals surface area (Å²) in [6, 6.07) is 0.0645. The van der Waals surface area contributed by atoms with Crippen LogP contribution >= 0.6 is 0 Å². The number of nitrogens with two attached hydrogens (primary N) is 1. The molecule has 4 nitrogen and oxygen atoms in total. The molecule has 1 aliphatic heterocycles. The molecule has 20 heavy (non-hydrogen) atoms. The third-order valence-electron chi connectivity index (χ3n) is 4.35. The quantitative estimate of drug-likeness (QED) is 0.779. The molecular formula is C16H34N2O2. The summed E-state index contributed by atoms with van der Waals surface area (Å²) in [6.45, 7) is 16.8. The van der Waals surface area contributed by atoms with E-state index in [1.165, 1.54) is 0 Å². The van der Waals surface area contributed by atoms with Gasteiger partial charge in [0.1, 0.15) is 0 Å². The van der Waals surface area contributed by atoms with Gasteiger partial charge in [0.2, 0.25) is 0 Å². The summed E-state index contributed by atoms with van der Waals surface area (Å²) in [4.78, 5) is 2.46. The zero-order valence-corrected chi connectivity index (χ0v) is 14.4. The second-order valence-corrected chi connectivity index (χ2v) is 7.59. The van der Waals surface area contributed by atoms with E-state index in [1.807, 2.05) is 0 Å². The van der Waals surface area contributed by atoms with Crippen molar-refractivity contribution in [1.82, 2.24) is 4.90 Å². The molecule has 2 atom stereocenters. The monoisotopic (exact) mass is 286 g/mol. The smallest absolute Gasteiger partial charge is 0.0788 e. The van der Waals surface area contributed by atoms with E-state index in [4.69, 9.17) is 15.2 Å². The fraction of sp³-hybridized carbons (Fsp3) is 1.00. The summed E-state index contributed by atoms with van der Waals surface area (Å²) in [5, 5.41) is 0. The van der Waals surface area contributed by atoms with E-state index >= 15 is 0 Å². The third kappa shape index (κ3) is 4.42. The first-order valence-electron chi connectivity index (χ1n) is 7.77. The number of hydrogen-bond acceptors (Lipinski definition) is 4. The van der Waals surface area contributed by atoms with Gasteiger partial charge in [-0.05, 0) is 33.6 Å². The maximum absolute atomic E-state index is 6.46. The van der Waals surface area contributed by atoms with Crippen LogP contribution in [0.1, 0.15) is 41.5 Å². The zero-order chi connectivity index (χ0) is 15.6. The molecule has 0 amide bonds. The van der Waals surface area contributed by atoms with Crippen LogP contribution in [-0.4, -0.2) is 55.5 Å². The predicted octanol–water partition coefficient (Wildman–Crippen LogP) is 2.12. The lowest BCUT2D eigenvalue weighted by Crippen LogP contribution is -2.49. The Balaban J connectivity index is 2.75. The maximum atomic E-state index is 6.46. The highest BCUT2D eigenvalue weighted by molar-refractivity contribution is 5.04. The van der Waals surface area contributed by atoms with E-state index < -0.39 is 0 Å². The van der Waals surface area contributed by atoms with Crippen molar-refractivity contribution < 1.29 is 9.47 Å². The number of rotatable bonds is 7. The van der Waals surface area contributed by atoms with E-state index in [9.17, 15) is 0 Å². The third-order valence-corrected chi connectivity index (χ3v) is 4.35. The summed E-state index contributed by atoms with van der Waals surface area (Å²) in [5.74, 6) is 0.981. The van der Waals surface area contributed by atoms with Gasteiger partial charge in [-0.2, -0.15) is 0 Å². The Morgan fingerprint density at radius 2 is 1.80 bits per heavy atom. The molecule has 120 valence electrons. The number of methoxy groups -OCH3 is 1. The summed E-state index contributed by atoms with van der Waals surface area (Å²) in [6.07, 6.45) is 0. The molecule has 2 unspecified atom stereocenters. The van der Waals surface area contributed by atoms with Gasteiger partial charge in [0.05, 0.1) is 17.8 Å². The normalized spacial score (nSPS) is 28.5. The molecule has 0 aliphatic carbocycles. The second kappa shape index (κ2) is 6.73. The fourth-order valence-electron chi connectivity index (χ4n) is 3.34. The maximum Gasteiger partial charge on any atom is 0.0788 e. The highest BCUT2D eigenvalue weighted by atomic mass is 16.5. The first-order chi connectivity index (χ1) is 9.10. The Bertz CT molecular complexity index is 303. The van der Waals surface area contributed by atoms with Crippen molar-refractivity contribution in [1.29, 1.82) is 0 Å². The molecule has 1 rings (SSSR count). The van der Waals surface area contributed by atoms with Crippen LogP contribution < -0.4 is 5.73 Å². The van der Waals surface area contributed by atoms with Crippen LogP contribution in [0.4, 0.5) is 0 Å². The lowest BCUT2D eigenvalue weighted by molar-refractivity contribution is -0.0789. The Kier molecular flexibility index (Phi) is 6.02. The molecule has 0 saturated carbocycles. The topological polar surface area (TPSA) is 47.7 Å². The standard InChI is InChI=1S/C16H34N2O2/c1-12(2)10-18(8-9-19-7)11-13-14(17)16(5,6)20-15(13,3)4/h12-14H,8-11,17H2,1-7H3. The van der Waals surface area contributed by atoms with Gasteiger partial charge in [-0.15, -0.1) is 0 Å². The van der Waals surface area contributed by atoms with Crippen molar-refractivity contribution >= 4 is 0 Å². The molecule has 1 aliphatic rings. The van der Waals surface area contributed by atoms with E-state index in [2.05, 4.69) is 46.4 Å². The molecule has 1 fully saturated rings. The first-order valence-corrected chi connectivity index (χ1v) is 7.77. The Morgan fingerprint density at radius 3 is 2.20 bits per heavy atom. The average molecular weight is 286 g/mol. The predicted molar refractivity (Wildman–Crippen MR) is 83.9 cm³/mol. The molecule has 4 heteroatoms. The minimum atomic E-state index is -0.251. The van der Waals surface area contributed by atoms with Crippen molar-refractivity contribution in [2.24, 2.45) is 17.6 Å². The molecule has 0 radical (unpaired) electrons. The van der Waals surface area contributed by atoms with Crippen molar-refractivity contribution in [2.45, 2.75) is 58.8 Å². The second-order valence-electron chi connectivity index (χ2n) is 7.59. The lowest BCUT2D eigenvalue weighted by Gasteiger charge is -2.34. The van der Waals surface area contributed by atoms with Crippen molar-refractivity contribution in [3.05, 3.63) is 0 Å². The molecule has 0 aromatic heterocycles. The van der Waals surface area contributed by atoms with Gasteiger partial charge in [-0.1, -0.05) is 13.8 Å². The number of nitrogens with zero attached hydrogens (tertiary/aromatic N) is 1. The van der Waals surface area contributed by atoms with Crippen LogP contribution in [0.2, 0.25) is 0 Å². The van der Waals surface area contributed by atoms with E-state index in [0.29, 0.717) is 11.8 Å². The van der Waals surface area contributed by atoms with Gasteiger partial charge in [0.25, 0.3) is 0 Å². The van der Waals surface area contributed by atoms with Gasteiger partial charge < -0.3 is 20.1 Å². The van der Waals surface area contributed by atoms with E-state index in [-0.39, 0.29) is 17.2 Å². The highest BCUT2D eigenvalue weighted by Gasteiger charge is 2.52. The minimum Gasteiger partial charge on any atom is -0.383 e. The van der Waals surface area contributed by atoms with Gasteiger partial charge in [0, 0.05) is 38.7 Å². The Hall–Kier alpha value is -0.160. The Morgan fingerprint density at radius 1 is 1.20 bits per heavy atom. The minimum absolute atomic E-state index is 0.0645. The zero-order valence-electron chi connectivity index (χ0n) is 14.4. The van der Waals surface area contributed by atoms with Crippen LogP contribution in [0, 0.1) is 11.8 Å². The molecule has 0 aromatic rings. The van der Waals surface area contributed by atoms with Gasteiger partial charge in [-0.25, -0.2) is 0 Å². The summed E-state index contributed by atoms with van der Waals surface area (Å²) in [7, 11) is 1.75. The Labute approximate surface area is 125 Å². The van der Waals surface area contributed by atoms with Crippen molar-refractivity contribution in [3.8, 4) is 0 Å². The van der Waals surface area contributed by atoms with Gasteiger partial charge >= 0.3 is 0 Å². The van der Waals surface area contributed by atoms with Crippen molar-refractivity contribution in [3.63, 3.8) is 0 Å². The van der Waals surface area contributed by atoms with Crippen LogP contribution in [0.15, 0.2) is 0 Å². The molecule has 2 N–H and O–H groups in total. The molecular weight excluding hydrogens is 252 g/mol. The van der Waals surface area contributed by atoms with E-state index in [0.717, 1.165) is 26.2 Å². The van der Waals surface area contributed by atoms with Crippen LogP contribution in [-0.2, 0) is 9.47 Å². The largest absolute Gasteiger partial charge is 0.383 e. The summed E-state index contributed by atoms with van der Waals surface area (Å²) >= 11 is 0. The fourth-order valence-corrected chi connectivity index (χ4v) is 3.34. The van der Waals surface area contributed by atoms with Crippen molar-refractivity contribution in [2.75, 3.05) is 33.4 Å². The summed E-state index contributed by atoms with van der Waals surface area (Å²) < 4.78 is 11.4. The molecule has 0 spiro atoms. The summed E-state index contributed by atoms with van der Waals surface area (Å²) in [5.41, 5.74) is 6.03. The van der Waals surface area contributed by atoms with Gasteiger partial charge in [-0.3, -0.25) is 0 Å². The number of ether oxygens (including phenoxy) is 2. The molecule has 0 aromatic carbocycles. The first kappa shape index (κ1) is 17.9. The van der Waals surface area contributed by atoms with E-state index in [1.54, 1.807) is 7.11 Å². The average Bonchev–Trinajstić information content (AvgIpc) is 2.43. The van der Waals surface area contributed by atoms with Crippen LogP contribution in [0.5, 0.6) is 0 Å². The SMILES string of the molecule is COCCN(CC(C)C)CC1C(N)C(C)(C)OC1(C)C. The molecule has 1 heterocycles. The van der Waals surface area contributed by atoms with Crippen LogP contribution in [0.25, 0.3) is 0 Å². The highest BCUT2D eigenvalue weighted by Crippen LogP contribution is 2.41.